The molecule has 0 amide bonds. The van der Waals surface area contributed by atoms with Gasteiger partial charge in [0.2, 0.25) is 0 Å². The summed E-state index contributed by atoms with van der Waals surface area (Å²) in [4.78, 5) is 2.32. The fourth-order valence-corrected chi connectivity index (χ4v) is 1.33. The maximum atomic E-state index is 5.01. The zero-order chi connectivity index (χ0) is 11.4. The molecule has 0 aliphatic heterocycles. The fraction of sp³-hybridized carbons (Fsp3) is 1.00. The SMILES string of the molecule is COCCCNCCN(C)CCCOC. The molecule has 0 saturated heterocycles. The minimum absolute atomic E-state index is 0.844. The molecule has 4 heteroatoms. The molecule has 0 saturated carbocycles. The van der Waals surface area contributed by atoms with Crippen molar-refractivity contribution >= 4 is 0 Å². The van der Waals surface area contributed by atoms with Gasteiger partial charge in [-0.1, -0.05) is 0 Å². The van der Waals surface area contributed by atoms with E-state index in [0.717, 1.165) is 52.2 Å². The number of likely N-dealkylation sites (N-methyl/N-ethyl adjacent to an activating group) is 1. The van der Waals surface area contributed by atoms with Crippen LogP contribution in [0.4, 0.5) is 0 Å². The smallest absolute Gasteiger partial charge is 0.0474 e. The standard InChI is InChI=1S/C11H26N2O2/c1-13(8-5-11-15-3)9-7-12-6-4-10-14-2/h12H,4-11H2,1-3H3. The van der Waals surface area contributed by atoms with Crippen molar-refractivity contribution in [2.24, 2.45) is 0 Å². The zero-order valence-corrected chi connectivity index (χ0v) is 10.4. The Hall–Kier alpha value is -0.160. The Balaban J connectivity index is 3.06. The highest BCUT2D eigenvalue weighted by atomic mass is 16.5. The lowest BCUT2D eigenvalue weighted by molar-refractivity contribution is 0.179. The monoisotopic (exact) mass is 218 g/mol. The second kappa shape index (κ2) is 11.9. The van der Waals surface area contributed by atoms with Gasteiger partial charge < -0.3 is 19.7 Å². The molecular weight excluding hydrogens is 192 g/mol. The third-order valence-electron chi connectivity index (χ3n) is 2.26. The first-order valence-electron chi connectivity index (χ1n) is 5.68. The van der Waals surface area contributed by atoms with E-state index in [1.807, 2.05) is 0 Å². The Morgan fingerprint density at radius 1 is 0.933 bits per heavy atom. The molecule has 0 aromatic rings. The van der Waals surface area contributed by atoms with Crippen LogP contribution in [0.3, 0.4) is 0 Å². The first-order valence-corrected chi connectivity index (χ1v) is 5.68. The molecule has 15 heavy (non-hydrogen) atoms. The Morgan fingerprint density at radius 2 is 1.60 bits per heavy atom. The second-order valence-electron chi connectivity index (χ2n) is 3.75. The summed E-state index contributed by atoms with van der Waals surface area (Å²) in [7, 11) is 5.63. The number of hydrogen-bond acceptors (Lipinski definition) is 4. The average Bonchev–Trinajstić information content (AvgIpc) is 2.23. The van der Waals surface area contributed by atoms with Gasteiger partial charge in [0.25, 0.3) is 0 Å². The molecule has 0 heterocycles. The van der Waals surface area contributed by atoms with Gasteiger partial charge in [-0.15, -0.1) is 0 Å². The molecule has 0 aromatic carbocycles. The van der Waals surface area contributed by atoms with E-state index in [4.69, 9.17) is 9.47 Å². The second-order valence-corrected chi connectivity index (χ2v) is 3.75. The van der Waals surface area contributed by atoms with Gasteiger partial charge in [-0.2, -0.15) is 0 Å². The van der Waals surface area contributed by atoms with Crippen molar-refractivity contribution in [2.45, 2.75) is 12.8 Å². The van der Waals surface area contributed by atoms with Crippen LogP contribution in [0.1, 0.15) is 12.8 Å². The van der Waals surface area contributed by atoms with E-state index < -0.39 is 0 Å². The number of nitrogens with zero attached hydrogens (tertiary/aromatic N) is 1. The first-order chi connectivity index (χ1) is 7.31. The maximum absolute atomic E-state index is 5.01. The van der Waals surface area contributed by atoms with Crippen molar-refractivity contribution in [3.05, 3.63) is 0 Å². The van der Waals surface area contributed by atoms with Gasteiger partial charge in [-0.25, -0.2) is 0 Å². The van der Waals surface area contributed by atoms with Crippen molar-refractivity contribution < 1.29 is 9.47 Å². The molecule has 0 aliphatic carbocycles. The molecule has 1 N–H and O–H groups in total. The van der Waals surface area contributed by atoms with Crippen LogP contribution in [0, 0.1) is 0 Å². The number of methoxy groups -OCH3 is 2. The number of hydrogen-bond donors (Lipinski definition) is 1. The topological polar surface area (TPSA) is 33.7 Å². The van der Waals surface area contributed by atoms with E-state index >= 15 is 0 Å². The van der Waals surface area contributed by atoms with Crippen molar-refractivity contribution in [3.8, 4) is 0 Å². The molecule has 0 rings (SSSR count). The van der Waals surface area contributed by atoms with Gasteiger partial charge in [-0.05, 0) is 26.4 Å². The summed E-state index contributed by atoms with van der Waals surface area (Å²) in [5.41, 5.74) is 0. The van der Waals surface area contributed by atoms with Crippen molar-refractivity contribution in [1.82, 2.24) is 10.2 Å². The quantitative estimate of drug-likeness (QED) is 0.514. The summed E-state index contributed by atoms with van der Waals surface area (Å²) in [6.07, 6.45) is 2.20. The van der Waals surface area contributed by atoms with E-state index in [-0.39, 0.29) is 0 Å². The fourth-order valence-electron chi connectivity index (χ4n) is 1.33. The lowest BCUT2D eigenvalue weighted by Crippen LogP contribution is -2.31. The van der Waals surface area contributed by atoms with Gasteiger partial charge >= 0.3 is 0 Å². The highest BCUT2D eigenvalue weighted by molar-refractivity contribution is 4.55. The van der Waals surface area contributed by atoms with Crippen LogP contribution in [-0.4, -0.2) is 65.6 Å². The molecule has 0 aliphatic rings. The Kier molecular flexibility index (Phi) is 11.8. The van der Waals surface area contributed by atoms with Crippen LogP contribution in [0.5, 0.6) is 0 Å². The number of rotatable bonds is 11. The van der Waals surface area contributed by atoms with Crippen LogP contribution in [-0.2, 0) is 9.47 Å². The molecule has 0 bridgehead atoms. The van der Waals surface area contributed by atoms with Gasteiger partial charge in [-0.3, -0.25) is 0 Å². The predicted molar refractivity (Wildman–Crippen MR) is 63.4 cm³/mol. The molecule has 4 nitrogen and oxygen atoms in total. The van der Waals surface area contributed by atoms with Crippen LogP contribution in [0.25, 0.3) is 0 Å². The van der Waals surface area contributed by atoms with E-state index in [9.17, 15) is 0 Å². The van der Waals surface area contributed by atoms with Crippen molar-refractivity contribution in [1.29, 1.82) is 0 Å². The molecule has 0 spiro atoms. The lowest BCUT2D eigenvalue weighted by atomic mass is 10.4. The maximum Gasteiger partial charge on any atom is 0.0474 e. The van der Waals surface area contributed by atoms with E-state index in [1.54, 1.807) is 14.2 Å². The lowest BCUT2D eigenvalue weighted by Gasteiger charge is -2.16. The van der Waals surface area contributed by atoms with Gasteiger partial charge in [0.1, 0.15) is 0 Å². The van der Waals surface area contributed by atoms with Gasteiger partial charge in [0, 0.05) is 47.1 Å². The normalized spacial score (nSPS) is 11.2. The third kappa shape index (κ3) is 11.8. The van der Waals surface area contributed by atoms with Crippen LogP contribution < -0.4 is 5.32 Å². The van der Waals surface area contributed by atoms with E-state index in [2.05, 4.69) is 17.3 Å². The van der Waals surface area contributed by atoms with Crippen molar-refractivity contribution in [2.75, 3.05) is 60.7 Å². The summed E-state index contributed by atoms with van der Waals surface area (Å²) in [5.74, 6) is 0. The number of nitrogens with one attached hydrogen (secondary N) is 1. The minimum atomic E-state index is 0.844. The molecule has 92 valence electrons. The van der Waals surface area contributed by atoms with Crippen LogP contribution in [0.15, 0.2) is 0 Å². The van der Waals surface area contributed by atoms with E-state index in [0.29, 0.717) is 0 Å². The Morgan fingerprint density at radius 3 is 2.27 bits per heavy atom. The van der Waals surface area contributed by atoms with Gasteiger partial charge in [0.05, 0.1) is 0 Å². The molecule has 0 unspecified atom stereocenters. The zero-order valence-electron chi connectivity index (χ0n) is 10.4. The molecule has 0 aromatic heterocycles. The van der Waals surface area contributed by atoms with Gasteiger partial charge in [0.15, 0.2) is 0 Å². The predicted octanol–water partition coefficient (Wildman–Crippen LogP) is 0.581. The van der Waals surface area contributed by atoms with Crippen LogP contribution in [0.2, 0.25) is 0 Å². The summed E-state index contributed by atoms with van der Waals surface area (Å²) < 4.78 is 9.98. The largest absolute Gasteiger partial charge is 0.385 e. The Bertz CT molecular complexity index is 123. The number of ether oxygens (including phenoxy) is 2. The van der Waals surface area contributed by atoms with Crippen molar-refractivity contribution in [3.63, 3.8) is 0 Å². The first kappa shape index (κ1) is 14.8. The molecule has 0 radical (unpaired) electrons. The molecular formula is C11H26N2O2. The van der Waals surface area contributed by atoms with Crippen LogP contribution >= 0.6 is 0 Å². The Labute approximate surface area is 93.9 Å². The third-order valence-corrected chi connectivity index (χ3v) is 2.26. The molecule has 0 atom stereocenters. The summed E-state index contributed by atoms with van der Waals surface area (Å²) >= 11 is 0. The summed E-state index contributed by atoms with van der Waals surface area (Å²) in [6.45, 7) is 5.99. The summed E-state index contributed by atoms with van der Waals surface area (Å²) in [5, 5.41) is 3.39. The minimum Gasteiger partial charge on any atom is -0.385 e. The molecule has 0 fully saturated rings. The summed E-state index contributed by atoms with van der Waals surface area (Å²) in [6, 6.07) is 0. The highest BCUT2D eigenvalue weighted by Gasteiger charge is 1.96. The average molecular weight is 218 g/mol. The highest BCUT2D eigenvalue weighted by Crippen LogP contribution is 1.87. The van der Waals surface area contributed by atoms with E-state index in [1.165, 1.54) is 0 Å².